The standard InChI is InChI=1S/C20H34O5/c21-17-8-6-7-15(13-17)20(22)24-12-5-3-1-2-4-11-23-14-16-9-10-18-19(16)25-18/h15-19,21H,1-14H2. The van der Waals surface area contributed by atoms with Gasteiger partial charge in [-0.1, -0.05) is 25.7 Å². The number of aliphatic hydroxyl groups is 1. The second kappa shape index (κ2) is 9.89. The lowest BCUT2D eigenvalue weighted by Gasteiger charge is -2.24. The van der Waals surface area contributed by atoms with Gasteiger partial charge < -0.3 is 19.3 Å². The average Bonchev–Trinajstić information content (AvgIpc) is 3.29. The molecule has 5 atom stereocenters. The molecule has 5 heteroatoms. The fourth-order valence-corrected chi connectivity index (χ4v) is 4.26. The van der Waals surface area contributed by atoms with Gasteiger partial charge >= 0.3 is 5.97 Å². The van der Waals surface area contributed by atoms with Gasteiger partial charge in [-0.05, 0) is 44.9 Å². The highest BCUT2D eigenvalue weighted by Crippen LogP contribution is 2.42. The van der Waals surface area contributed by atoms with Crippen molar-refractivity contribution in [3.63, 3.8) is 0 Å². The third kappa shape index (κ3) is 6.22. The zero-order valence-corrected chi connectivity index (χ0v) is 15.4. The first kappa shape index (κ1) is 19.1. The number of epoxide rings is 1. The highest BCUT2D eigenvalue weighted by Gasteiger charge is 2.49. The Bertz CT molecular complexity index is 413. The normalized spacial score (nSPS) is 33.9. The van der Waals surface area contributed by atoms with E-state index in [1.165, 1.54) is 25.7 Å². The molecule has 2 saturated carbocycles. The molecule has 3 rings (SSSR count). The SMILES string of the molecule is O=C(OCCCCCCCOCC1CCC2OC12)C1CCCC(O)C1. The summed E-state index contributed by atoms with van der Waals surface area (Å²) >= 11 is 0. The number of hydrogen-bond acceptors (Lipinski definition) is 5. The van der Waals surface area contributed by atoms with Gasteiger partial charge in [-0.25, -0.2) is 0 Å². The minimum Gasteiger partial charge on any atom is -0.465 e. The van der Waals surface area contributed by atoms with E-state index < -0.39 is 0 Å². The van der Waals surface area contributed by atoms with E-state index in [4.69, 9.17) is 14.2 Å². The number of hydrogen-bond donors (Lipinski definition) is 1. The van der Waals surface area contributed by atoms with Gasteiger partial charge in [0.2, 0.25) is 0 Å². The second-order valence-electron chi connectivity index (χ2n) is 8.00. The summed E-state index contributed by atoms with van der Waals surface area (Å²) < 4.78 is 16.7. The van der Waals surface area contributed by atoms with Crippen molar-refractivity contribution in [3.05, 3.63) is 0 Å². The number of unbranched alkanes of at least 4 members (excludes halogenated alkanes) is 4. The molecular weight excluding hydrogens is 320 g/mol. The first-order valence-electron chi connectivity index (χ1n) is 10.3. The molecule has 1 saturated heterocycles. The van der Waals surface area contributed by atoms with Crippen LogP contribution in [0.2, 0.25) is 0 Å². The molecule has 0 spiro atoms. The minimum absolute atomic E-state index is 0.0860. The van der Waals surface area contributed by atoms with E-state index in [9.17, 15) is 9.90 Å². The van der Waals surface area contributed by atoms with Crippen molar-refractivity contribution in [2.24, 2.45) is 11.8 Å². The molecule has 5 nitrogen and oxygen atoms in total. The topological polar surface area (TPSA) is 68.3 Å². The number of carbonyl (C=O) groups excluding carboxylic acids is 1. The van der Waals surface area contributed by atoms with Gasteiger partial charge in [0.25, 0.3) is 0 Å². The average molecular weight is 354 g/mol. The Hall–Kier alpha value is -0.650. The fourth-order valence-electron chi connectivity index (χ4n) is 4.26. The van der Waals surface area contributed by atoms with E-state index in [0.29, 0.717) is 31.2 Å². The first-order valence-corrected chi connectivity index (χ1v) is 10.3. The second-order valence-corrected chi connectivity index (χ2v) is 8.00. The summed E-state index contributed by atoms with van der Waals surface area (Å²) in [5.41, 5.74) is 0. The molecule has 1 N–H and O–H groups in total. The van der Waals surface area contributed by atoms with Crippen LogP contribution in [0.4, 0.5) is 0 Å². The Morgan fingerprint density at radius 3 is 2.52 bits per heavy atom. The van der Waals surface area contributed by atoms with Crippen molar-refractivity contribution < 1.29 is 24.1 Å². The number of esters is 1. The van der Waals surface area contributed by atoms with E-state index in [0.717, 1.165) is 51.7 Å². The zero-order chi connectivity index (χ0) is 17.5. The smallest absolute Gasteiger partial charge is 0.309 e. The molecule has 0 aromatic carbocycles. The van der Waals surface area contributed by atoms with Gasteiger partial charge in [-0.2, -0.15) is 0 Å². The maximum atomic E-state index is 11.9. The predicted molar refractivity (Wildman–Crippen MR) is 94.2 cm³/mol. The molecule has 2 aliphatic carbocycles. The van der Waals surface area contributed by atoms with Crippen molar-refractivity contribution in [2.45, 2.75) is 88.9 Å². The molecule has 0 amide bonds. The molecule has 1 aliphatic heterocycles. The van der Waals surface area contributed by atoms with Crippen LogP contribution in [0.25, 0.3) is 0 Å². The maximum absolute atomic E-state index is 11.9. The van der Waals surface area contributed by atoms with Crippen molar-refractivity contribution >= 4 is 5.97 Å². The molecule has 25 heavy (non-hydrogen) atoms. The summed E-state index contributed by atoms with van der Waals surface area (Å²) in [4.78, 5) is 11.9. The Morgan fingerprint density at radius 1 is 1.00 bits per heavy atom. The molecule has 3 aliphatic rings. The summed E-state index contributed by atoms with van der Waals surface area (Å²) in [6, 6.07) is 0. The van der Waals surface area contributed by atoms with E-state index in [2.05, 4.69) is 0 Å². The highest BCUT2D eigenvalue weighted by molar-refractivity contribution is 5.72. The Kier molecular flexibility index (Phi) is 7.56. The molecule has 3 fully saturated rings. The van der Waals surface area contributed by atoms with E-state index >= 15 is 0 Å². The predicted octanol–water partition coefficient (Wildman–Crippen LogP) is 3.23. The van der Waals surface area contributed by atoms with Gasteiger partial charge in [0.15, 0.2) is 0 Å². The number of fused-ring (bicyclic) bond motifs is 1. The van der Waals surface area contributed by atoms with E-state index in [1.807, 2.05) is 0 Å². The van der Waals surface area contributed by atoms with Crippen LogP contribution in [0.3, 0.4) is 0 Å². The zero-order valence-electron chi connectivity index (χ0n) is 15.4. The van der Waals surface area contributed by atoms with Crippen LogP contribution in [0, 0.1) is 11.8 Å². The molecule has 0 bridgehead atoms. The van der Waals surface area contributed by atoms with Crippen molar-refractivity contribution in [2.75, 3.05) is 19.8 Å². The summed E-state index contributed by atoms with van der Waals surface area (Å²) in [5.74, 6) is 0.447. The van der Waals surface area contributed by atoms with Gasteiger partial charge in [0.05, 0.1) is 37.4 Å². The van der Waals surface area contributed by atoms with Crippen molar-refractivity contribution in [3.8, 4) is 0 Å². The molecule has 0 aromatic rings. The lowest BCUT2D eigenvalue weighted by atomic mass is 9.87. The molecule has 1 heterocycles. The summed E-state index contributed by atoms with van der Waals surface area (Å²) in [5, 5.41) is 9.61. The number of ether oxygens (including phenoxy) is 3. The number of rotatable bonds is 11. The van der Waals surface area contributed by atoms with Crippen molar-refractivity contribution in [1.29, 1.82) is 0 Å². The molecular formula is C20H34O5. The highest BCUT2D eigenvalue weighted by atomic mass is 16.6. The van der Waals surface area contributed by atoms with Crippen LogP contribution < -0.4 is 0 Å². The summed E-state index contributed by atoms with van der Waals surface area (Å²) in [6.07, 6.45) is 11.9. The molecule has 0 radical (unpaired) electrons. The molecule has 0 aromatic heterocycles. The van der Waals surface area contributed by atoms with Gasteiger partial charge in [-0.3, -0.25) is 4.79 Å². The third-order valence-corrected chi connectivity index (χ3v) is 5.90. The first-order chi connectivity index (χ1) is 12.2. The van der Waals surface area contributed by atoms with E-state index in [-0.39, 0.29) is 18.0 Å². The van der Waals surface area contributed by atoms with Crippen LogP contribution in [-0.4, -0.2) is 49.2 Å². The number of aliphatic hydroxyl groups excluding tert-OH is 1. The van der Waals surface area contributed by atoms with Crippen molar-refractivity contribution in [1.82, 2.24) is 0 Å². The van der Waals surface area contributed by atoms with Gasteiger partial charge in [0, 0.05) is 12.5 Å². The van der Waals surface area contributed by atoms with Crippen LogP contribution in [0.15, 0.2) is 0 Å². The fraction of sp³-hybridized carbons (Fsp3) is 0.950. The lowest BCUT2D eigenvalue weighted by Crippen LogP contribution is -2.27. The quantitative estimate of drug-likeness (QED) is 0.350. The van der Waals surface area contributed by atoms with Gasteiger partial charge in [0.1, 0.15) is 0 Å². The Balaban J connectivity index is 1.08. The Labute approximate surface area is 151 Å². The molecule has 144 valence electrons. The lowest BCUT2D eigenvalue weighted by molar-refractivity contribution is -0.151. The monoisotopic (exact) mass is 354 g/mol. The van der Waals surface area contributed by atoms with Crippen LogP contribution >= 0.6 is 0 Å². The van der Waals surface area contributed by atoms with Crippen LogP contribution in [-0.2, 0) is 19.0 Å². The Morgan fingerprint density at radius 2 is 1.80 bits per heavy atom. The number of carbonyl (C=O) groups is 1. The summed E-state index contributed by atoms with van der Waals surface area (Å²) in [6.45, 7) is 2.24. The van der Waals surface area contributed by atoms with Gasteiger partial charge in [-0.15, -0.1) is 0 Å². The van der Waals surface area contributed by atoms with E-state index in [1.54, 1.807) is 0 Å². The molecule has 5 unspecified atom stereocenters. The maximum Gasteiger partial charge on any atom is 0.309 e. The third-order valence-electron chi connectivity index (χ3n) is 5.90. The largest absolute Gasteiger partial charge is 0.465 e. The minimum atomic E-state index is -0.319. The van der Waals surface area contributed by atoms with Crippen LogP contribution in [0.1, 0.15) is 70.6 Å². The van der Waals surface area contributed by atoms with Crippen LogP contribution in [0.5, 0.6) is 0 Å². The summed E-state index contributed by atoms with van der Waals surface area (Å²) in [7, 11) is 0.